The molecule has 0 bridgehead atoms. The number of rotatable bonds is 0. The van der Waals surface area contributed by atoms with Crippen molar-refractivity contribution in [3.63, 3.8) is 0 Å². The van der Waals surface area contributed by atoms with Crippen molar-refractivity contribution in [3.8, 4) is 0 Å². The predicted octanol–water partition coefficient (Wildman–Crippen LogP) is 1.94. The maximum atomic E-state index is 12.2. The third kappa shape index (κ3) is 1.69. The van der Waals surface area contributed by atoms with Gasteiger partial charge in [0.1, 0.15) is 0 Å². The first-order valence-electron chi connectivity index (χ1n) is 4.38. The van der Waals surface area contributed by atoms with Crippen molar-refractivity contribution in [3.05, 3.63) is 29.8 Å². The van der Waals surface area contributed by atoms with Gasteiger partial charge in [0.05, 0.1) is 0 Å². The smallest absolute Gasteiger partial charge is 0.304 e. The molecule has 79 valence electrons. The number of nitrogens with zero attached hydrogens (tertiary/aromatic N) is 1. The number of carbonyl (C=O) groups is 1. The van der Waals surface area contributed by atoms with E-state index in [0.717, 1.165) is 10.5 Å². The van der Waals surface area contributed by atoms with Crippen LogP contribution in [-0.2, 0) is 11.2 Å². The highest BCUT2D eigenvalue weighted by Crippen LogP contribution is 2.31. The summed E-state index contributed by atoms with van der Waals surface area (Å²) < 4.78 is 36.6. The first-order valence-corrected chi connectivity index (χ1v) is 4.38. The topological polar surface area (TPSA) is 20.3 Å². The van der Waals surface area contributed by atoms with Crippen LogP contribution in [-0.4, -0.2) is 18.6 Å². The van der Waals surface area contributed by atoms with Gasteiger partial charge in [-0.2, -0.15) is 13.2 Å². The quantitative estimate of drug-likeness (QED) is 0.646. The highest BCUT2D eigenvalue weighted by molar-refractivity contribution is 5.99. The van der Waals surface area contributed by atoms with Crippen LogP contribution in [0.2, 0.25) is 0 Å². The van der Waals surface area contributed by atoms with Crippen molar-refractivity contribution in [2.24, 2.45) is 0 Å². The van der Waals surface area contributed by atoms with Crippen LogP contribution in [0.3, 0.4) is 0 Å². The Morgan fingerprint density at radius 1 is 1.47 bits per heavy atom. The molecule has 0 saturated carbocycles. The largest absolute Gasteiger partial charge is 0.471 e. The monoisotopic (exact) mass is 214 g/mol. The fraction of sp³-hybridized carbons (Fsp3) is 0.300. The van der Waals surface area contributed by atoms with Crippen LogP contribution in [0.1, 0.15) is 5.56 Å². The second kappa shape index (κ2) is 3.25. The Hall–Kier alpha value is -1.52. The molecule has 1 heterocycles. The van der Waals surface area contributed by atoms with E-state index >= 15 is 0 Å². The molecule has 0 unspecified atom stereocenters. The second-order valence-electron chi connectivity index (χ2n) is 3.26. The molecule has 1 aromatic rings. The number of anilines is 1. The summed E-state index contributed by atoms with van der Waals surface area (Å²) in [6.45, 7) is 0.0888. The van der Waals surface area contributed by atoms with Gasteiger partial charge in [-0.05, 0) is 30.2 Å². The highest BCUT2D eigenvalue weighted by atomic mass is 19.4. The molecule has 0 aliphatic carbocycles. The standard InChI is InChI=1S/C10H7F3NO/c11-10(12,13)9(15)14-6-5-7-3-1-2-4-8(7)14/h2-4H,5-6H2. The Morgan fingerprint density at radius 2 is 2.20 bits per heavy atom. The minimum Gasteiger partial charge on any atom is -0.304 e. The number of alkyl halides is 3. The van der Waals surface area contributed by atoms with Gasteiger partial charge in [0.15, 0.2) is 0 Å². The third-order valence-electron chi connectivity index (χ3n) is 2.31. The number of carbonyl (C=O) groups excluding carboxylic acids is 1. The van der Waals surface area contributed by atoms with Gasteiger partial charge >= 0.3 is 12.1 Å². The van der Waals surface area contributed by atoms with E-state index in [0.29, 0.717) is 12.1 Å². The van der Waals surface area contributed by atoms with Gasteiger partial charge in [-0.25, -0.2) is 0 Å². The minimum atomic E-state index is -4.80. The van der Waals surface area contributed by atoms with E-state index in [-0.39, 0.29) is 6.54 Å². The van der Waals surface area contributed by atoms with E-state index in [1.165, 1.54) is 12.1 Å². The molecule has 1 aliphatic rings. The lowest BCUT2D eigenvalue weighted by Gasteiger charge is -2.18. The fourth-order valence-corrected chi connectivity index (χ4v) is 1.64. The van der Waals surface area contributed by atoms with E-state index in [4.69, 9.17) is 0 Å². The molecule has 2 nitrogen and oxygen atoms in total. The summed E-state index contributed by atoms with van der Waals surface area (Å²) in [6, 6.07) is 7.36. The minimum absolute atomic E-state index is 0.0888. The molecule has 1 aliphatic heterocycles. The van der Waals surface area contributed by atoms with E-state index in [1.54, 1.807) is 6.07 Å². The lowest BCUT2D eigenvalue weighted by Crippen LogP contribution is -2.40. The lowest BCUT2D eigenvalue weighted by molar-refractivity contribution is -0.170. The van der Waals surface area contributed by atoms with Crippen molar-refractivity contribution in [1.82, 2.24) is 0 Å². The van der Waals surface area contributed by atoms with Crippen LogP contribution in [0.15, 0.2) is 18.2 Å². The number of amides is 1. The molecule has 15 heavy (non-hydrogen) atoms. The Morgan fingerprint density at radius 3 is 2.87 bits per heavy atom. The summed E-state index contributed by atoms with van der Waals surface area (Å²) in [5, 5.41) is 0. The van der Waals surface area contributed by atoms with Gasteiger partial charge in [-0.1, -0.05) is 6.07 Å². The Balaban J connectivity index is 2.32. The first kappa shape index (κ1) is 10.0. The summed E-state index contributed by atoms with van der Waals surface area (Å²) in [6.07, 6.45) is -4.35. The Kier molecular flexibility index (Phi) is 2.17. The predicted molar refractivity (Wildman–Crippen MR) is 47.4 cm³/mol. The van der Waals surface area contributed by atoms with Gasteiger partial charge in [0, 0.05) is 12.2 Å². The average molecular weight is 214 g/mol. The van der Waals surface area contributed by atoms with Gasteiger partial charge < -0.3 is 4.90 Å². The zero-order chi connectivity index (χ0) is 11.1. The molecule has 0 N–H and O–H groups in total. The van der Waals surface area contributed by atoms with Crippen molar-refractivity contribution in [2.75, 3.05) is 11.4 Å². The molecule has 1 aromatic carbocycles. The summed E-state index contributed by atoms with van der Waals surface area (Å²) in [4.78, 5) is 11.8. The maximum absolute atomic E-state index is 12.2. The molecule has 0 fully saturated rings. The van der Waals surface area contributed by atoms with Crippen LogP contribution >= 0.6 is 0 Å². The Labute approximate surface area is 84.3 Å². The van der Waals surface area contributed by atoms with Crippen LogP contribution in [0.4, 0.5) is 18.9 Å². The normalized spacial score (nSPS) is 15.3. The van der Waals surface area contributed by atoms with Gasteiger partial charge in [-0.15, -0.1) is 0 Å². The first-order chi connectivity index (χ1) is 7.00. The van der Waals surface area contributed by atoms with Crippen LogP contribution < -0.4 is 4.90 Å². The molecular weight excluding hydrogens is 207 g/mol. The van der Waals surface area contributed by atoms with Crippen LogP contribution in [0, 0.1) is 6.07 Å². The molecule has 0 saturated heterocycles. The summed E-state index contributed by atoms with van der Waals surface area (Å²) in [5.74, 6) is -1.80. The molecule has 0 atom stereocenters. The van der Waals surface area contributed by atoms with Crippen LogP contribution in [0.25, 0.3) is 0 Å². The summed E-state index contributed by atoms with van der Waals surface area (Å²) in [5.41, 5.74) is 1.08. The summed E-state index contributed by atoms with van der Waals surface area (Å²) in [7, 11) is 0. The SMILES string of the molecule is O=C(N1CCc2c[c]ccc21)C(F)(F)F. The van der Waals surface area contributed by atoms with Crippen molar-refractivity contribution in [2.45, 2.75) is 12.6 Å². The highest BCUT2D eigenvalue weighted by Gasteiger charge is 2.44. The van der Waals surface area contributed by atoms with E-state index in [9.17, 15) is 18.0 Å². The van der Waals surface area contributed by atoms with Crippen molar-refractivity contribution < 1.29 is 18.0 Å². The molecule has 1 amide bonds. The fourth-order valence-electron chi connectivity index (χ4n) is 1.64. The summed E-state index contributed by atoms with van der Waals surface area (Å²) >= 11 is 0. The number of hydrogen-bond donors (Lipinski definition) is 0. The average Bonchev–Trinajstić information content (AvgIpc) is 2.58. The molecular formula is C10H7F3NO. The molecule has 0 aromatic heterocycles. The zero-order valence-electron chi connectivity index (χ0n) is 7.64. The second-order valence-corrected chi connectivity index (χ2v) is 3.26. The maximum Gasteiger partial charge on any atom is 0.471 e. The lowest BCUT2D eigenvalue weighted by atomic mass is 10.2. The molecule has 5 heteroatoms. The van der Waals surface area contributed by atoms with E-state index in [1.807, 2.05) is 0 Å². The Bertz CT molecular complexity index is 400. The van der Waals surface area contributed by atoms with Gasteiger partial charge in [0.2, 0.25) is 0 Å². The number of hydrogen-bond acceptors (Lipinski definition) is 1. The number of fused-ring (bicyclic) bond motifs is 1. The van der Waals surface area contributed by atoms with E-state index < -0.39 is 12.1 Å². The number of halogens is 3. The molecule has 1 radical (unpaired) electrons. The van der Waals surface area contributed by atoms with Crippen molar-refractivity contribution in [1.29, 1.82) is 0 Å². The zero-order valence-corrected chi connectivity index (χ0v) is 7.64. The van der Waals surface area contributed by atoms with Crippen LogP contribution in [0.5, 0.6) is 0 Å². The number of benzene rings is 1. The van der Waals surface area contributed by atoms with Gasteiger partial charge in [0.25, 0.3) is 0 Å². The van der Waals surface area contributed by atoms with E-state index in [2.05, 4.69) is 6.07 Å². The third-order valence-corrected chi connectivity index (χ3v) is 2.31. The molecule has 0 spiro atoms. The van der Waals surface area contributed by atoms with Crippen molar-refractivity contribution >= 4 is 11.6 Å². The van der Waals surface area contributed by atoms with Gasteiger partial charge in [-0.3, -0.25) is 4.79 Å². The molecule has 2 rings (SSSR count).